The van der Waals surface area contributed by atoms with E-state index in [2.05, 4.69) is 21.2 Å². The van der Waals surface area contributed by atoms with E-state index in [4.69, 9.17) is 0 Å². The highest BCUT2D eigenvalue weighted by molar-refractivity contribution is 14.1. The van der Waals surface area contributed by atoms with E-state index in [-0.39, 0.29) is 23.4 Å². The number of halogens is 10. The summed E-state index contributed by atoms with van der Waals surface area (Å²) < 4.78 is 108. The summed E-state index contributed by atoms with van der Waals surface area (Å²) in [5, 5.41) is 11.3. The van der Waals surface area contributed by atoms with E-state index in [9.17, 15) is 45.6 Å². The second kappa shape index (κ2) is 11.7. The minimum Gasteiger partial charge on any atom is -0.320 e. The number of nitriles is 1. The largest absolute Gasteiger partial charge is 0.435 e. The zero-order valence-electron chi connectivity index (χ0n) is 19.5. The van der Waals surface area contributed by atoms with Gasteiger partial charge in [0.15, 0.2) is 5.82 Å². The summed E-state index contributed by atoms with van der Waals surface area (Å²) >= 11 is 4.03. The van der Waals surface area contributed by atoms with Gasteiger partial charge in [-0.3, -0.25) is 14.5 Å². The topological polar surface area (TPSA) is 73.2 Å². The van der Waals surface area contributed by atoms with Crippen molar-refractivity contribution in [2.24, 2.45) is 0 Å². The van der Waals surface area contributed by atoms with Crippen molar-refractivity contribution < 1.29 is 44.7 Å². The first-order valence-corrected chi connectivity index (χ1v) is 12.6. The number of hydrogen-bond donors (Lipinski definition) is 1. The maximum Gasteiger partial charge on any atom is 0.435 e. The highest BCUT2D eigenvalue weighted by atomic mass is 127. The molecule has 0 spiro atoms. The third-order valence-corrected chi connectivity index (χ3v) is 6.94. The van der Waals surface area contributed by atoms with Gasteiger partial charge in [0.2, 0.25) is 0 Å². The maximum absolute atomic E-state index is 15.5. The Bertz CT molecular complexity index is 1450. The van der Waals surface area contributed by atoms with E-state index in [1.165, 1.54) is 40.8 Å². The van der Waals surface area contributed by atoms with Gasteiger partial charge < -0.3 is 5.32 Å². The van der Waals surface area contributed by atoms with E-state index in [1.807, 2.05) is 0 Å². The van der Waals surface area contributed by atoms with Gasteiger partial charge in [-0.25, -0.2) is 8.78 Å². The summed E-state index contributed by atoms with van der Waals surface area (Å²) in [6.45, 7) is -0.593. The molecule has 210 valence electrons. The average Bonchev–Trinajstić information content (AvgIpc) is 2.87. The fourth-order valence-corrected chi connectivity index (χ4v) is 5.23. The highest BCUT2D eigenvalue weighted by Crippen LogP contribution is 2.54. The van der Waals surface area contributed by atoms with E-state index in [0.29, 0.717) is 0 Å². The van der Waals surface area contributed by atoms with Crippen molar-refractivity contribution in [3.05, 3.63) is 91.2 Å². The van der Waals surface area contributed by atoms with Gasteiger partial charge in [-0.2, -0.15) is 31.6 Å². The predicted molar refractivity (Wildman–Crippen MR) is 140 cm³/mol. The third-order valence-electron chi connectivity index (χ3n) is 5.47. The average molecular weight is 746 g/mol. The molecular formula is C25H13BrF8IN3O2. The lowest BCUT2D eigenvalue weighted by Crippen LogP contribution is -2.50. The summed E-state index contributed by atoms with van der Waals surface area (Å²) in [6.07, 6.45) is -12.7. The summed E-state index contributed by atoms with van der Waals surface area (Å²) in [4.78, 5) is 26.6. The molecule has 2 amide bonds. The van der Waals surface area contributed by atoms with Crippen LogP contribution in [0.25, 0.3) is 0 Å². The van der Waals surface area contributed by atoms with Gasteiger partial charge in [-0.15, -0.1) is 0 Å². The van der Waals surface area contributed by atoms with Crippen LogP contribution < -0.4 is 10.2 Å². The molecule has 40 heavy (non-hydrogen) atoms. The Morgan fingerprint density at radius 1 is 0.950 bits per heavy atom. The Hall–Kier alpha value is -3.26. The number of rotatable bonds is 6. The fourth-order valence-electron chi connectivity index (χ4n) is 3.54. The van der Waals surface area contributed by atoms with Gasteiger partial charge in [0, 0.05) is 19.2 Å². The van der Waals surface area contributed by atoms with Crippen LogP contribution in [0.1, 0.15) is 26.3 Å². The molecule has 5 nitrogen and oxygen atoms in total. The van der Waals surface area contributed by atoms with Crippen molar-refractivity contribution in [3.8, 4) is 6.07 Å². The quantitative estimate of drug-likeness (QED) is 0.159. The number of nitrogens with one attached hydrogen (secondary N) is 1. The molecule has 0 bridgehead atoms. The Labute approximate surface area is 243 Å². The van der Waals surface area contributed by atoms with Gasteiger partial charge >= 0.3 is 18.0 Å². The number of benzene rings is 3. The lowest BCUT2D eigenvalue weighted by Gasteiger charge is -2.31. The highest BCUT2D eigenvalue weighted by Gasteiger charge is 2.73. The van der Waals surface area contributed by atoms with Crippen LogP contribution in [0.2, 0.25) is 0 Å². The molecule has 0 heterocycles. The molecule has 0 aliphatic heterocycles. The van der Waals surface area contributed by atoms with Gasteiger partial charge in [-0.1, -0.05) is 24.3 Å². The lowest BCUT2D eigenvalue weighted by molar-refractivity contribution is -0.348. The van der Waals surface area contributed by atoms with Crippen molar-refractivity contribution in [2.45, 2.75) is 18.0 Å². The van der Waals surface area contributed by atoms with Crippen molar-refractivity contribution >= 4 is 61.7 Å². The Balaban J connectivity index is 2.00. The summed E-state index contributed by atoms with van der Waals surface area (Å²) in [5.41, 5.74) is -8.86. The zero-order chi connectivity index (χ0) is 30.0. The number of amides is 2. The van der Waals surface area contributed by atoms with Crippen LogP contribution in [0.4, 0.5) is 46.5 Å². The maximum atomic E-state index is 15.5. The second-order valence-electron chi connectivity index (χ2n) is 7.98. The smallest absolute Gasteiger partial charge is 0.320 e. The molecule has 0 saturated heterocycles. The van der Waals surface area contributed by atoms with Gasteiger partial charge in [-0.05, 0) is 74.9 Å². The normalized spacial score (nSPS) is 12.0. The number of anilines is 2. The predicted octanol–water partition coefficient (Wildman–Crippen LogP) is 7.90. The van der Waals surface area contributed by atoms with E-state index < -0.39 is 67.1 Å². The van der Waals surface area contributed by atoms with Crippen molar-refractivity contribution in [1.29, 1.82) is 5.26 Å². The Morgan fingerprint density at radius 3 is 2.08 bits per heavy atom. The van der Waals surface area contributed by atoms with Gasteiger partial charge in [0.1, 0.15) is 6.54 Å². The van der Waals surface area contributed by atoms with Crippen LogP contribution in [0.3, 0.4) is 0 Å². The summed E-state index contributed by atoms with van der Waals surface area (Å²) in [7, 11) is 0. The van der Waals surface area contributed by atoms with Crippen LogP contribution >= 0.6 is 38.5 Å². The molecule has 0 saturated carbocycles. The number of carbonyl (C=O) groups excluding carboxylic acids is 2. The second-order valence-corrected chi connectivity index (χ2v) is 9.99. The number of carbonyl (C=O) groups is 2. The first-order chi connectivity index (χ1) is 18.5. The number of nitrogens with zero attached hydrogens (tertiary/aromatic N) is 2. The molecule has 3 aromatic rings. The van der Waals surface area contributed by atoms with Crippen LogP contribution in [-0.2, 0) is 5.67 Å². The fraction of sp³-hybridized carbons (Fsp3) is 0.160. The first-order valence-electron chi connectivity index (χ1n) is 10.7. The number of alkyl halides is 7. The van der Waals surface area contributed by atoms with Gasteiger partial charge in [0.05, 0.1) is 23.0 Å². The Morgan fingerprint density at radius 2 is 1.55 bits per heavy atom. The molecule has 0 atom stereocenters. The van der Waals surface area contributed by atoms with E-state index in [1.54, 1.807) is 24.3 Å². The van der Waals surface area contributed by atoms with Crippen molar-refractivity contribution in [3.63, 3.8) is 0 Å². The molecular weight excluding hydrogens is 733 g/mol. The first kappa shape index (κ1) is 31.3. The molecule has 0 radical (unpaired) electrons. The zero-order valence-corrected chi connectivity index (χ0v) is 23.2. The summed E-state index contributed by atoms with van der Waals surface area (Å²) in [6, 6.07) is 13.1. The minimum atomic E-state index is -6.35. The molecule has 0 aliphatic rings. The molecule has 15 heteroatoms. The monoisotopic (exact) mass is 745 g/mol. The van der Waals surface area contributed by atoms with Gasteiger partial charge in [0.25, 0.3) is 11.8 Å². The van der Waals surface area contributed by atoms with Crippen molar-refractivity contribution in [1.82, 2.24) is 0 Å². The standard InChI is InChI=1S/C25H13BrF8IN3O2/c26-16-11-14(23(28,24(29,30)31)25(32,33)34)12-17(35)20(16)37-21(39)15-7-4-8-18(19(15)27)38(10-9-36)22(40)13-5-2-1-3-6-13/h1-8,11-12H,10H2,(H,37,39). The van der Waals surface area contributed by atoms with E-state index in [0.717, 1.165) is 17.0 Å². The van der Waals surface area contributed by atoms with Crippen LogP contribution in [0.15, 0.2) is 65.1 Å². The third kappa shape index (κ3) is 5.92. The summed E-state index contributed by atoms with van der Waals surface area (Å²) in [5.74, 6) is -3.19. The molecule has 0 fully saturated rings. The molecule has 3 rings (SSSR count). The molecule has 0 unspecified atom stereocenters. The van der Waals surface area contributed by atoms with E-state index >= 15 is 4.39 Å². The molecule has 1 N–H and O–H groups in total. The van der Waals surface area contributed by atoms with Crippen molar-refractivity contribution in [2.75, 3.05) is 16.8 Å². The van der Waals surface area contributed by atoms with Crippen LogP contribution in [0.5, 0.6) is 0 Å². The van der Waals surface area contributed by atoms with Crippen LogP contribution in [-0.4, -0.2) is 30.7 Å². The minimum absolute atomic E-state index is 0.118. The SMILES string of the molecule is N#CCN(C(=O)c1ccccc1)c1cccc(C(=O)Nc2c(Br)cc(C(F)(C(F)(F)F)C(F)(F)F)cc2I)c1F. The van der Waals surface area contributed by atoms with Crippen LogP contribution in [0, 0.1) is 20.7 Å². The molecule has 0 aromatic heterocycles. The Kier molecular flexibility index (Phi) is 9.14. The lowest BCUT2D eigenvalue weighted by atomic mass is 9.94. The number of hydrogen-bond acceptors (Lipinski definition) is 3. The molecule has 0 aliphatic carbocycles. The molecule has 3 aromatic carbocycles.